The Balaban J connectivity index is 2.77. The van der Waals surface area contributed by atoms with Crippen molar-refractivity contribution in [3.8, 4) is 0 Å². The molecule has 0 heterocycles. The van der Waals surface area contributed by atoms with E-state index in [0.717, 1.165) is 18.6 Å². The molecule has 0 fully saturated rings. The molecule has 1 aromatic rings. The van der Waals surface area contributed by atoms with Gasteiger partial charge in [0, 0.05) is 5.56 Å². The number of esters is 1. The highest BCUT2D eigenvalue weighted by atomic mass is 32.2. The summed E-state index contributed by atoms with van der Waals surface area (Å²) < 4.78 is 5.00. The Hall–Kier alpha value is -1.29. The number of rotatable bonds is 8. The highest BCUT2D eigenvalue weighted by molar-refractivity contribution is 8.01. The SMILES string of the molecule is CCCCSC(C(=O)OCC)C(=O)c1ccccc1. The van der Waals surface area contributed by atoms with Gasteiger partial charge >= 0.3 is 5.97 Å². The zero-order valence-electron chi connectivity index (χ0n) is 11.4. The van der Waals surface area contributed by atoms with Crippen molar-refractivity contribution in [3.05, 3.63) is 35.9 Å². The normalized spacial score (nSPS) is 11.9. The quantitative estimate of drug-likeness (QED) is 0.317. The van der Waals surface area contributed by atoms with Crippen molar-refractivity contribution in [3.63, 3.8) is 0 Å². The lowest BCUT2D eigenvalue weighted by Crippen LogP contribution is -2.29. The van der Waals surface area contributed by atoms with E-state index in [1.165, 1.54) is 11.8 Å². The third-order valence-corrected chi connectivity index (χ3v) is 3.84. The maximum absolute atomic E-state index is 12.3. The summed E-state index contributed by atoms with van der Waals surface area (Å²) >= 11 is 1.37. The first-order valence-electron chi connectivity index (χ1n) is 6.58. The van der Waals surface area contributed by atoms with Gasteiger partial charge in [-0.25, -0.2) is 0 Å². The summed E-state index contributed by atoms with van der Waals surface area (Å²) in [4.78, 5) is 24.2. The molecule has 0 saturated heterocycles. The van der Waals surface area contributed by atoms with Crippen molar-refractivity contribution in [1.29, 1.82) is 0 Å². The summed E-state index contributed by atoms with van der Waals surface area (Å²) in [5.41, 5.74) is 0.560. The Morgan fingerprint density at radius 2 is 1.89 bits per heavy atom. The zero-order chi connectivity index (χ0) is 14.1. The Morgan fingerprint density at radius 3 is 2.47 bits per heavy atom. The molecule has 0 saturated carbocycles. The average molecular weight is 280 g/mol. The highest BCUT2D eigenvalue weighted by Gasteiger charge is 2.28. The smallest absolute Gasteiger partial charge is 0.327 e. The summed E-state index contributed by atoms with van der Waals surface area (Å²) in [5, 5.41) is -0.742. The first-order chi connectivity index (χ1) is 9.20. The lowest BCUT2D eigenvalue weighted by molar-refractivity contribution is -0.141. The molecule has 1 rings (SSSR count). The third kappa shape index (κ3) is 5.07. The van der Waals surface area contributed by atoms with Crippen LogP contribution in [-0.4, -0.2) is 29.4 Å². The molecule has 0 aliphatic heterocycles. The number of carbonyl (C=O) groups excluding carboxylic acids is 2. The van der Waals surface area contributed by atoms with Crippen molar-refractivity contribution in [2.75, 3.05) is 12.4 Å². The number of ketones is 1. The fourth-order valence-corrected chi connectivity index (χ4v) is 2.75. The second-order valence-electron chi connectivity index (χ2n) is 4.09. The fourth-order valence-electron chi connectivity index (χ4n) is 1.57. The van der Waals surface area contributed by atoms with Crippen LogP contribution in [0.25, 0.3) is 0 Å². The molecule has 104 valence electrons. The molecule has 0 spiro atoms. The summed E-state index contributed by atoms with van der Waals surface area (Å²) in [6.07, 6.45) is 2.03. The van der Waals surface area contributed by atoms with E-state index in [2.05, 4.69) is 6.92 Å². The molecule has 1 unspecified atom stereocenters. The second kappa shape index (κ2) is 8.75. The third-order valence-electron chi connectivity index (χ3n) is 2.58. The Bertz CT molecular complexity index is 403. The molecule has 1 atom stereocenters. The van der Waals surface area contributed by atoms with Crippen LogP contribution in [0.4, 0.5) is 0 Å². The van der Waals surface area contributed by atoms with Gasteiger partial charge in [0.05, 0.1) is 6.61 Å². The minimum absolute atomic E-state index is 0.167. The number of thioether (sulfide) groups is 1. The molecule has 0 aliphatic rings. The van der Waals surface area contributed by atoms with Gasteiger partial charge in [0.1, 0.15) is 0 Å². The second-order valence-corrected chi connectivity index (χ2v) is 5.30. The number of unbranched alkanes of at least 4 members (excludes halogenated alkanes) is 1. The monoisotopic (exact) mass is 280 g/mol. The number of benzene rings is 1. The van der Waals surface area contributed by atoms with E-state index in [1.54, 1.807) is 31.2 Å². The van der Waals surface area contributed by atoms with Crippen molar-refractivity contribution >= 4 is 23.5 Å². The maximum Gasteiger partial charge on any atom is 0.327 e. The van der Waals surface area contributed by atoms with E-state index < -0.39 is 11.2 Å². The first kappa shape index (κ1) is 15.8. The molecular formula is C15H20O3S. The Morgan fingerprint density at radius 1 is 1.21 bits per heavy atom. The molecule has 0 bridgehead atoms. The minimum Gasteiger partial charge on any atom is -0.465 e. The van der Waals surface area contributed by atoms with Crippen LogP contribution in [-0.2, 0) is 9.53 Å². The van der Waals surface area contributed by atoms with Gasteiger partial charge in [-0.05, 0) is 19.1 Å². The average Bonchev–Trinajstić information content (AvgIpc) is 2.44. The van der Waals surface area contributed by atoms with Gasteiger partial charge < -0.3 is 4.74 Å². The number of ether oxygens (including phenoxy) is 1. The zero-order valence-corrected chi connectivity index (χ0v) is 12.2. The summed E-state index contributed by atoms with van der Waals surface area (Å²) in [6, 6.07) is 8.91. The van der Waals surface area contributed by atoms with E-state index in [1.807, 2.05) is 6.07 Å². The molecule has 3 nitrogen and oxygen atoms in total. The summed E-state index contributed by atoms with van der Waals surface area (Å²) in [6.45, 7) is 4.13. The lowest BCUT2D eigenvalue weighted by atomic mass is 10.1. The topological polar surface area (TPSA) is 43.4 Å². The minimum atomic E-state index is -0.742. The summed E-state index contributed by atoms with van der Waals surface area (Å²) in [5.74, 6) is 0.191. The van der Waals surface area contributed by atoms with Crippen LogP contribution < -0.4 is 0 Å². The van der Waals surface area contributed by atoms with Crippen molar-refractivity contribution < 1.29 is 14.3 Å². The Kier molecular flexibility index (Phi) is 7.26. The van der Waals surface area contributed by atoms with Crippen LogP contribution in [0.3, 0.4) is 0 Å². The molecule has 1 aromatic carbocycles. The molecule has 4 heteroatoms. The van der Waals surface area contributed by atoms with E-state index >= 15 is 0 Å². The fraction of sp³-hybridized carbons (Fsp3) is 0.467. The first-order valence-corrected chi connectivity index (χ1v) is 7.63. The number of hydrogen-bond acceptors (Lipinski definition) is 4. The van der Waals surface area contributed by atoms with Crippen LogP contribution in [0.2, 0.25) is 0 Å². The van der Waals surface area contributed by atoms with Crippen LogP contribution in [0.1, 0.15) is 37.0 Å². The summed E-state index contributed by atoms with van der Waals surface area (Å²) in [7, 11) is 0. The molecule has 19 heavy (non-hydrogen) atoms. The number of carbonyl (C=O) groups is 2. The van der Waals surface area contributed by atoms with Gasteiger partial charge in [-0.3, -0.25) is 9.59 Å². The van der Waals surface area contributed by atoms with E-state index in [9.17, 15) is 9.59 Å². The predicted octanol–water partition coefficient (Wildman–Crippen LogP) is 3.33. The Labute approximate surface area is 118 Å². The van der Waals surface area contributed by atoms with Crippen molar-refractivity contribution in [2.24, 2.45) is 0 Å². The van der Waals surface area contributed by atoms with Gasteiger partial charge in [0.25, 0.3) is 0 Å². The molecule has 0 amide bonds. The van der Waals surface area contributed by atoms with Crippen molar-refractivity contribution in [1.82, 2.24) is 0 Å². The highest BCUT2D eigenvalue weighted by Crippen LogP contribution is 2.19. The largest absolute Gasteiger partial charge is 0.465 e. The standard InChI is InChI=1S/C15H20O3S/c1-3-5-11-19-14(15(17)18-4-2)13(16)12-9-7-6-8-10-12/h6-10,14H,3-5,11H2,1-2H3. The maximum atomic E-state index is 12.3. The van der Waals surface area contributed by atoms with Crippen LogP contribution in [0.15, 0.2) is 30.3 Å². The van der Waals surface area contributed by atoms with Crippen LogP contribution >= 0.6 is 11.8 Å². The van der Waals surface area contributed by atoms with E-state index in [4.69, 9.17) is 4.74 Å². The van der Waals surface area contributed by atoms with Crippen LogP contribution in [0.5, 0.6) is 0 Å². The van der Waals surface area contributed by atoms with Gasteiger partial charge in [-0.15, -0.1) is 11.8 Å². The van der Waals surface area contributed by atoms with Crippen LogP contribution in [0, 0.1) is 0 Å². The molecular weight excluding hydrogens is 260 g/mol. The molecule has 0 radical (unpaired) electrons. The van der Waals surface area contributed by atoms with E-state index in [0.29, 0.717) is 12.2 Å². The molecule has 0 aliphatic carbocycles. The number of hydrogen-bond donors (Lipinski definition) is 0. The van der Waals surface area contributed by atoms with Gasteiger partial charge in [0.2, 0.25) is 0 Å². The lowest BCUT2D eigenvalue weighted by Gasteiger charge is -2.14. The van der Waals surface area contributed by atoms with Crippen molar-refractivity contribution in [2.45, 2.75) is 31.9 Å². The van der Waals surface area contributed by atoms with Gasteiger partial charge in [-0.2, -0.15) is 0 Å². The number of Topliss-reactive ketones (excluding diaryl/α,β-unsaturated/α-hetero) is 1. The van der Waals surface area contributed by atoms with Gasteiger partial charge in [-0.1, -0.05) is 43.7 Å². The van der Waals surface area contributed by atoms with Gasteiger partial charge in [0.15, 0.2) is 11.0 Å². The predicted molar refractivity (Wildman–Crippen MR) is 78.6 cm³/mol. The van der Waals surface area contributed by atoms with E-state index in [-0.39, 0.29) is 5.78 Å². The molecule has 0 N–H and O–H groups in total. The molecule has 0 aromatic heterocycles.